The van der Waals surface area contributed by atoms with Crippen LogP contribution in [0.1, 0.15) is 47.5 Å². The standard InChI is InChI=1S/C16H32N2O/c1-12(10-19-6)18-9-14(15(2,3)4)17-11-16(18,5)13-7-8-13/h12-14,17H,7-11H2,1-6H3. The Morgan fingerprint density at radius 2 is 2.00 bits per heavy atom. The number of rotatable bonds is 4. The molecule has 3 heteroatoms. The maximum absolute atomic E-state index is 5.41. The minimum atomic E-state index is 0.315. The van der Waals surface area contributed by atoms with E-state index in [1.807, 2.05) is 7.11 Å². The lowest BCUT2D eigenvalue weighted by Gasteiger charge is -2.53. The molecule has 1 aliphatic heterocycles. The second-order valence-corrected chi connectivity index (χ2v) is 7.89. The molecule has 3 atom stereocenters. The zero-order valence-electron chi connectivity index (χ0n) is 13.6. The van der Waals surface area contributed by atoms with E-state index < -0.39 is 0 Å². The summed E-state index contributed by atoms with van der Waals surface area (Å²) in [6, 6.07) is 1.07. The van der Waals surface area contributed by atoms with Gasteiger partial charge in [0, 0.05) is 37.8 Å². The van der Waals surface area contributed by atoms with E-state index in [4.69, 9.17) is 4.74 Å². The highest BCUT2D eigenvalue weighted by Gasteiger charge is 2.50. The van der Waals surface area contributed by atoms with Crippen LogP contribution in [0.15, 0.2) is 0 Å². The molecule has 19 heavy (non-hydrogen) atoms. The number of ether oxygens (including phenoxy) is 1. The van der Waals surface area contributed by atoms with Gasteiger partial charge in [0.05, 0.1) is 6.61 Å². The van der Waals surface area contributed by atoms with Gasteiger partial charge in [-0.2, -0.15) is 0 Å². The molecule has 2 fully saturated rings. The molecule has 3 nitrogen and oxygen atoms in total. The van der Waals surface area contributed by atoms with Crippen molar-refractivity contribution in [2.24, 2.45) is 11.3 Å². The summed E-state index contributed by atoms with van der Waals surface area (Å²) in [6.07, 6.45) is 2.79. The molecule has 0 spiro atoms. The van der Waals surface area contributed by atoms with Crippen LogP contribution < -0.4 is 5.32 Å². The summed E-state index contributed by atoms with van der Waals surface area (Å²) in [5.74, 6) is 0.875. The van der Waals surface area contributed by atoms with E-state index in [1.54, 1.807) is 0 Å². The van der Waals surface area contributed by atoms with Crippen molar-refractivity contribution < 1.29 is 4.74 Å². The van der Waals surface area contributed by atoms with Gasteiger partial charge >= 0.3 is 0 Å². The molecular formula is C16H32N2O. The largest absolute Gasteiger partial charge is 0.383 e. The molecule has 2 aliphatic rings. The summed E-state index contributed by atoms with van der Waals surface area (Å²) in [4.78, 5) is 2.72. The van der Waals surface area contributed by atoms with Crippen LogP contribution in [-0.2, 0) is 4.74 Å². The summed E-state index contributed by atoms with van der Waals surface area (Å²) < 4.78 is 5.41. The normalized spacial score (nSPS) is 35.4. The predicted molar refractivity (Wildman–Crippen MR) is 80.4 cm³/mol. The molecule has 0 bridgehead atoms. The van der Waals surface area contributed by atoms with Crippen molar-refractivity contribution in [3.8, 4) is 0 Å². The van der Waals surface area contributed by atoms with Crippen molar-refractivity contribution in [1.29, 1.82) is 0 Å². The smallest absolute Gasteiger partial charge is 0.0615 e. The lowest BCUT2D eigenvalue weighted by atomic mass is 9.80. The summed E-state index contributed by atoms with van der Waals surface area (Å²) in [5.41, 5.74) is 0.635. The van der Waals surface area contributed by atoms with Crippen LogP contribution in [-0.4, -0.2) is 49.3 Å². The Bertz CT molecular complexity index is 308. The van der Waals surface area contributed by atoms with Crippen LogP contribution in [0, 0.1) is 11.3 Å². The Kier molecular flexibility index (Phi) is 4.29. The van der Waals surface area contributed by atoms with Crippen LogP contribution in [0.25, 0.3) is 0 Å². The highest BCUT2D eigenvalue weighted by molar-refractivity contribution is 5.07. The van der Waals surface area contributed by atoms with E-state index in [0.717, 1.165) is 25.6 Å². The summed E-state index contributed by atoms with van der Waals surface area (Å²) in [6.45, 7) is 14.9. The Labute approximate surface area is 119 Å². The zero-order valence-corrected chi connectivity index (χ0v) is 13.6. The van der Waals surface area contributed by atoms with Gasteiger partial charge in [-0.3, -0.25) is 4.90 Å². The number of hydrogen-bond donors (Lipinski definition) is 1. The second kappa shape index (κ2) is 5.34. The van der Waals surface area contributed by atoms with Crippen LogP contribution >= 0.6 is 0 Å². The van der Waals surface area contributed by atoms with E-state index >= 15 is 0 Å². The molecule has 0 radical (unpaired) electrons. The Balaban J connectivity index is 2.14. The fraction of sp³-hybridized carbons (Fsp3) is 1.00. The summed E-state index contributed by atoms with van der Waals surface area (Å²) in [7, 11) is 1.81. The third-order valence-corrected chi connectivity index (χ3v) is 5.18. The molecule has 0 aromatic heterocycles. The Hall–Kier alpha value is -0.120. The second-order valence-electron chi connectivity index (χ2n) is 7.89. The average Bonchev–Trinajstić information content (AvgIpc) is 3.12. The van der Waals surface area contributed by atoms with Gasteiger partial charge in [0.2, 0.25) is 0 Å². The molecule has 0 aromatic carbocycles. The maximum atomic E-state index is 5.41. The quantitative estimate of drug-likeness (QED) is 0.848. The first kappa shape index (κ1) is 15.3. The molecule has 1 N–H and O–H groups in total. The predicted octanol–water partition coefficient (Wildman–Crippen LogP) is 2.51. The number of piperazine rings is 1. The topological polar surface area (TPSA) is 24.5 Å². The number of methoxy groups -OCH3 is 1. The van der Waals surface area contributed by atoms with E-state index in [1.165, 1.54) is 12.8 Å². The van der Waals surface area contributed by atoms with Crippen molar-refractivity contribution >= 4 is 0 Å². The Morgan fingerprint density at radius 1 is 1.37 bits per heavy atom. The van der Waals surface area contributed by atoms with Crippen molar-refractivity contribution in [2.75, 3.05) is 26.8 Å². The van der Waals surface area contributed by atoms with Crippen molar-refractivity contribution in [1.82, 2.24) is 10.2 Å². The highest BCUT2D eigenvalue weighted by atomic mass is 16.5. The minimum absolute atomic E-state index is 0.315. The van der Waals surface area contributed by atoms with Crippen LogP contribution in [0.5, 0.6) is 0 Å². The number of hydrogen-bond acceptors (Lipinski definition) is 3. The summed E-state index contributed by atoms with van der Waals surface area (Å²) >= 11 is 0. The van der Waals surface area contributed by atoms with Gasteiger partial charge < -0.3 is 10.1 Å². The zero-order chi connectivity index (χ0) is 14.3. The first-order valence-corrected chi connectivity index (χ1v) is 7.78. The van der Waals surface area contributed by atoms with Crippen molar-refractivity contribution in [3.05, 3.63) is 0 Å². The van der Waals surface area contributed by atoms with E-state index in [-0.39, 0.29) is 0 Å². The lowest BCUT2D eigenvalue weighted by Crippen LogP contribution is -2.69. The van der Waals surface area contributed by atoms with Gasteiger partial charge in [-0.05, 0) is 38.0 Å². The molecule has 1 saturated heterocycles. The average molecular weight is 268 g/mol. The molecular weight excluding hydrogens is 236 g/mol. The highest BCUT2D eigenvalue weighted by Crippen LogP contribution is 2.45. The fourth-order valence-electron chi connectivity index (χ4n) is 3.58. The van der Waals surface area contributed by atoms with Gasteiger partial charge in [-0.15, -0.1) is 0 Å². The van der Waals surface area contributed by atoms with Gasteiger partial charge in [-0.25, -0.2) is 0 Å². The third-order valence-electron chi connectivity index (χ3n) is 5.18. The van der Waals surface area contributed by atoms with Crippen molar-refractivity contribution in [2.45, 2.75) is 65.1 Å². The lowest BCUT2D eigenvalue weighted by molar-refractivity contribution is -0.0366. The van der Waals surface area contributed by atoms with E-state index in [2.05, 4.69) is 44.8 Å². The first-order chi connectivity index (χ1) is 8.79. The van der Waals surface area contributed by atoms with Gasteiger partial charge in [0.1, 0.15) is 0 Å². The van der Waals surface area contributed by atoms with Gasteiger partial charge in [-0.1, -0.05) is 20.8 Å². The molecule has 1 saturated carbocycles. The van der Waals surface area contributed by atoms with E-state index in [9.17, 15) is 0 Å². The number of nitrogens with zero attached hydrogens (tertiary/aromatic N) is 1. The van der Waals surface area contributed by atoms with Crippen LogP contribution in [0.3, 0.4) is 0 Å². The van der Waals surface area contributed by atoms with Gasteiger partial charge in [0.15, 0.2) is 0 Å². The first-order valence-electron chi connectivity index (χ1n) is 7.78. The molecule has 112 valence electrons. The van der Waals surface area contributed by atoms with Crippen LogP contribution in [0.4, 0.5) is 0 Å². The van der Waals surface area contributed by atoms with Crippen LogP contribution in [0.2, 0.25) is 0 Å². The Morgan fingerprint density at radius 3 is 2.47 bits per heavy atom. The van der Waals surface area contributed by atoms with Gasteiger partial charge in [0.25, 0.3) is 0 Å². The third kappa shape index (κ3) is 3.14. The number of nitrogens with one attached hydrogen (secondary N) is 1. The molecule has 0 aromatic rings. The summed E-state index contributed by atoms with van der Waals surface area (Å²) in [5, 5.41) is 3.82. The van der Waals surface area contributed by atoms with Crippen molar-refractivity contribution in [3.63, 3.8) is 0 Å². The minimum Gasteiger partial charge on any atom is -0.383 e. The fourth-order valence-corrected chi connectivity index (χ4v) is 3.58. The maximum Gasteiger partial charge on any atom is 0.0615 e. The molecule has 3 unspecified atom stereocenters. The molecule has 1 heterocycles. The van der Waals surface area contributed by atoms with E-state index in [0.29, 0.717) is 23.0 Å². The molecule has 0 amide bonds. The molecule has 2 rings (SSSR count). The SMILES string of the molecule is COCC(C)N1CC(C(C)(C)C)NCC1(C)C1CC1. The monoisotopic (exact) mass is 268 g/mol. The molecule has 1 aliphatic carbocycles.